The van der Waals surface area contributed by atoms with Gasteiger partial charge in [0.15, 0.2) is 0 Å². The van der Waals surface area contributed by atoms with E-state index < -0.39 is 41.8 Å². The van der Waals surface area contributed by atoms with Gasteiger partial charge in [0, 0.05) is 4.90 Å². The molecule has 0 amide bonds. The smallest absolute Gasteiger partial charge is 0.339 e. The number of benzene rings is 7. The first-order valence-electron chi connectivity index (χ1n) is 21.0. The van der Waals surface area contributed by atoms with Gasteiger partial charge in [-0.2, -0.15) is 0 Å². The molecule has 1 saturated heterocycles. The number of rotatable bonds is 18. The average Bonchev–Trinajstić information content (AvgIpc) is 3.35. The summed E-state index contributed by atoms with van der Waals surface area (Å²) in [7, 11) is 0. The second kappa shape index (κ2) is 22.2. The zero-order chi connectivity index (χ0) is 43.1. The topological polar surface area (TPSA) is 89.5 Å². The van der Waals surface area contributed by atoms with Crippen molar-refractivity contribution >= 4 is 23.7 Å². The Balaban J connectivity index is 1.04. The van der Waals surface area contributed by atoms with Gasteiger partial charge in [-0.1, -0.05) is 188 Å². The summed E-state index contributed by atoms with van der Waals surface area (Å²) in [6.45, 7) is 0.673. The minimum Gasteiger partial charge on any atom is -0.459 e. The van der Waals surface area contributed by atoms with Crippen LogP contribution in [-0.2, 0) is 54.8 Å². The van der Waals surface area contributed by atoms with Gasteiger partial charge < -0.3 is 28.4 Å². The van der Waals surface area contributed by atoms with Crippen LogP contribution in [0.15, 0.2) is 205 Å². The number of esters is 2. The fourth-order valence-electron chi connectivity index (χ4n) is 7.33. The average molecular weight is 857 g/mol. The standard InChI is InChI=1S/C54H48O8S/c55-52(60-37-42-30-32-44(33-31-42)43-24-12-4-13-25-43)46-28-16-17-29-47(46)53(56)61-38-48-49(57-34-39-18-6-1-7-19-39)50(58-35-40-20-8-2-9-21-40)51(59-36-41-22-10-3-11-23-41)54(62-48)63-45-26-14-5-15-27-45/h1-33,48-51,54H,34-38H2/t48-,49-,50+,51-,54-/m1/s1. The quantitative estimate of drug-likeness (QED) is 0.0783. The van der Waals surface area contributed by atoms with Gasteiger partial charge in [-0.15, -0.1) is 0 Å². The van der Waals surface area contributed by atoms with Crippen LogP contribution in [0, 0.1) is 0 Å². The van der Waals surface area contributed by atoms with Crippen LogP contribution in [0.2, 0.25) is 0 Å². The van der Waals surface area contributed by atoms with Gasteiger partial charge in [0.25, 0.3) is 0 Å². The van der Waals surface area contributed by atoms with E-state index in [0.717, 1.165) is 38.3 Å². The van der Waals surface area contributed by atoms with Crippen molar-refractivity contribution in [2.24, 2.45) is 0 Å². The van der Waals surface area contributed by atoms with Crippen molar-refractivity contribution in [3.8, 4) is 11.1 Å². The maximum Gasteiger partial charge on any atom is 0.339 e. The van der Waals surface area contributed by atoms with E-state index in [-0.39, 0.29) is 37.6 Å². The number of hydrogen-bond donors (Lipinski definition) is 0. The summed E-state index contributed by atoms with van der Waals surface area (Å²) < 4.78 is 39.1. The summed E-state index contributed by atoms with van der Waals surface area (Å²) in [5.41, 5.74) is 5.49. The van der Waals surface area contributed by atoms with Crippen LogP contribution in [-0.4, -0.2) is 48.4 Å². The molecule has 1 aliphatic rings. The number of carbonyl (C=O) groups excluding carboxylic acids is 2. The van der Waals surface area contributed by atoms with Crippen molar-refractivity contribution in [1.29, 1.82) is 0 Å². The predicted octanol–water partition coefficient (Wildman–Crippen LogP) is 11.1. The zero-order valence-corrected chi connectivity index (χ0v) is 35.5. The maximum absolute atomic E-state index is 14.0. The summed E-state index contributed by atoms with van der Waals surface area (Å²) in [5, 5.41) is 0. The summed E-state index contributed by atoms with van der Waals surface area (Å²) in [5.74, 6) is -1.34. The minimum atomic E-state index is -0.797. The first kappa shape index (κ1) is 43.3. The monoisotopic (exact) mass is 856 g/mol. The van der Waals surface area contributed by atoms with Gasteiger partial charge in [0.05, 0.1) is 30.9 Å². The molecule has 8 rings (SSSR count). The van der Waals surface area contributed by atoms with Crippen molar-refractivity contribution in [3.05, 3.63) is 234 Å². The third-order valence-electron chi connectivity index (χ3n) is 10.6. The van der Waals surface area contributed by atoms with E-state index in [0.29, 0.717) is 6.61 Å². The molecular weight excluding hydrogens is 809 g/mol. The third kappa shape index (κ3) is 12.0. The SMILES string of the molecule is O=C(OCc1ccc(-c2ccccc2)cc1)c1ccccc1C(=O)OC[C@H]1O[C@H](Sc2ccccc2)[C@H](OCc2ccccc2)[C@@H](OCc2ccccc2)[C@@H]1OCc1ccccc1. The molecule has 8 nitrogen and oxygen atoms in total. The molecule has 0 aromatic heterocycles. The van der Waals surface area contributed by atoms with Crippen molar-refractivity contribution in [2.45, 2.75) is 61.2 Å². The highest BCUT2D eigenvalue weighted by Crippen LogP contribution is 2.38. The molecule has 9 heteroatoms. The summed E-state index contributed by atoms with van der Waals surface area (Å²) in [6, 6.07) is 64.1. The molecule has 1 heterocycles. The van der Waals surface area contributed by atoms with Gasteiger partial charge in [0.1, 0.15) is 43.1 Å². The lowest BCUT2D eigenvalue weighted by Crippen LogP contribution is -2.60. The normalized spacial score (nSPS) is 18.3. The Kier molecular flexibility index (Phi) is 15.2. The highest BCUT2D eigenvalue weighted by Gasteiger charge is 2.49. The molecule has 1 aliphatic heterocycles. The van der Waals surface area contributed by atoms with E-state index in [1.54, 1.807) is 24.3 Å². The maximum atomic E-state index is 14.0. The first-order valence-corrected chi connectivity index (χ1v) is 21.9. The van der Waals surface area contributed by atoms with Crippen molar-refractivity contribution < 1.29 is 38.0 Å². The minimum absolute atomic E-state index is 0.0337. The molecule has 0 unspecified atom stereocenters. The van der Waals surface area contributed by atoms with Crippen LogP contribution >= 0.6 is 11.8 Å². The molecule has 0 aliphatic carbocycles. The van der Waals surface area contributed by atoms with Crippen LogP contribution in [0.1, 0.15) is 43.0 Å². The number of ether oxygens (including phenoxy) is 6. The van der Waals surface area contributed by atoms with Crippen molar-refractivity contribution in [3.63, 3.8) is 0 Å². The van der Waals surface area contributed by atoms with Gasteiger partial charge in [-0.25, -0.2) is 9.59 Å². The zero-order valence-electron chi connectivity index (χ0n) is 34.6. The fourth-order valence-corrected chi connectivity index (χ4v) is 8.48. The van der Waals surface area contributed by atoms with Gasteiger partial charge in [0.2, 0.25) is 0 Å². The molecule has 318 valence electrons. The molecule has 0 saturated carbocycles. The molecule has 1 fully saturated rings. The van der Waals surface area contributed by atoms with Crippen LogP contribution in [0.5, 0.6) is 0 Å². The highest BCUT2D eigenvalue weighted by atomic mass is 32.2. The van der Waals surface area contributed by atoms with E-state index >= 15 is 0 Å². The van der Waals surface area contributed by atoms with Crippen molar-refractivity contribution in [1.82, 2.24) is 0 Å². The Bertz CT molecular complexity index is 2470. The molecule has 0 spiro atoms. The van der Waals surface area contributed by atoms with E-state index in [1.807, 2.05) is 176 Å². The van der Waals surface area contributed by atoms with Crippen LogP contribution in [0.3, 0.4) is 0 Å². The Morgan fingerprint density at radius 3 is 1.37 bits per heavy atom. The second-order valence-corrected chi connectivity index (χ2v) is 16.2. The van der Waals surface area contributed by atoms with Gasteiger partial charge in [-0.3, -0.25) is 0 Å². The molecule has 63 heavy (non-hydrogen) atoms. The van der Waals surface area contributed by atoms with E-state index in [4.69, 9.17) is 28.4 Å². The van der Waals surface area contributed by atoms with E-state index in [9.17, 15) is 9.59 Å². The third-order valence-corrected chi connectivity index (χ3v) is 11.8. The van der Waals surface area contributed by atoms with Crippen LogP contribution in [0.25, 0.3) is 11.1 Å². The molecule has 5 atom stereocenters. The van der Waals surface area contributed by atoms with E-state index in [1.165, 1.54) is 11.8 Å². The lowest BCUT2D eigenvalue weighted by Gasteiger charge is -2.45. The summed E-state index contributed by atoms with van der Waals surface area (Å²) >= 11 is 1.51. The second-order valence-electron chi connectivity index (χ2n) is 15.0. The van der Waals surface area contributed by atoms with Gasteiger partial charge in [-0.05, 0) is 57.6 Å². The Morgan fingerprint density at radius 1 is 0.413 bits per heavy atom. The molecular formula is C54H48O8S. The van der Waals surface area contributed by atoms with Crippen molar-refractivity contribution in [2.75, 3.05) is 6.61 Å². The lowest BCUT2D eigenvalue weighted by atomic mass is 9.98. The summed E-state index contributed by atoms with van der Waals surface area (Å²) in [6.07, 6.45) is -2.82. The Labute approximate surface area is 372 Å². The molecule has 7 aromatic carbocycles. The number of thioether (sulfide) groups is 1. The Morgan fingerprint density at radius 2 is 0.825 bits per heavy atom. The van der Waals surface area contributed by atoms with Crippen LogP contribution < -0.4 is 0 Å². The summed E-state index contributed by atoms with van der Waals surface area (Å²) in [4.78, 5) is 28.6. The van der Waals surface area contributed by atoms with Crippen LogP contribution in [0.4, 0.5) is 0 Å². The molecule has 0 N–H and O–H groups in total. The highest BCUT2D eigenvalue weighted by molar-refractivity contribution is 7.99. The number of hydrogen-bond acceptors (Lipinski definition) is 9. The molecule has 7 aromatic rings. The van der Waals surface area contributed by atoms with E-state index in [2.05, 4.69) is 0 Å². The Hall–Kier alpha value is -6.33. The molecule has 0 radical (unpaired) electrons. The van der Waals surface area contributed by atoms with Gasteiger partial charge >= 0.3 is 11.9 Å². The fraction of sp³-hybridized carbons (Fsp3) is 0.185. The first-order chi connectivity index (χ1) is 31.1. The largest absolute Gasteiger partial charge is 0.459 e. The number of carbonyl (C=O) groups is 2. The predicted molar refractivity (Wildman–Crippen MR) is 244 cm³/mol. The lowest BCUT2D eigenvalue weighted by molar-refractivity contribution is -0.251. The molecule has 0 bridgehead atoms.